The number of ether oxygens (including phenoxy) is 2. The minimum Gasteiger partial charge on any atom is -0.493 e. The average Bonchev–Trinajstić information content (AvgIpc) is 3.01. The maximum atomic E-state index is 5.55. The van der Waals surface area contributed by atoms with Gasteiger partial charge in [0.25, 0.3) is 0 Å². The Bertz CT molecular complexity index is 825. The quantitative estimate of drug-likeness (QED) is 0.327. The SMILES string of the molecule is CCc1ccc(CCC(C)C(C)(C)C(C)CCC2=CCC=C(OC)C(OC)=C2)cc1CC. The number of aryl methyl sites for hydroxylation is 3. The van der Waals surface area contributed by atoms with Crippen LogP contribution in [0.5, 0.6) is 0 Å². The summed E-state index contributed by atoms with van der Waals surface area (Å²) in [5.41, 5.74) is 6.17. The van der Waals surface area contributed by atoms with E-state index in [-0.39, 0.29) is 0 Å². The smallest absolute Gasteiger partial charge is 0.160 e. The molecule has 0 aromatic heterocycles. The number of benzene rings is 1. The van der Waals surface area contributed by atoms with Crippen molar-refractivity contribution in [3.8, 4) is 0 Å². The third-order valence-electron chi connectivity index (χ3n) is 7.99. The molecule has 1 aromatic rings. The van der Waals surface area contributed by atoms with Crippen LogP contribution in [-0.2, 0) is 28.7 Å². The molecular weight excluding hydrogens is 392 g/mol. The Morgan fingerprint density at radius 2 is 1.47 bits per heavy atom. The largest absolute Gasteiger partial charge is 0.493 e. The zero-order valence-corrected chi connectivity index (χ0v) is 21.9. The van der Waals surface area contributed by atoms with Gasteiger partial charge in [0, 0.05) is 0 Å². The molecule has 0 saturated carbocycles. The lowest BCUT2D eigenvalue weighted by atomic mass is 9.67. The molecule has 0 fully saturated rings. The number of hydrogen-bond donors (Lipinski definition) is 0. The maximum Gasteiger partial charge on any atom is 0.160 e. The lowest BCUT2D eigenvalue weighted by Gasteiger charge is -2.38. The molecule has 0 spiro atoms. The molecule has 0 aliphatic heterocycles. The van der Waals surface area contributed by atoms with Crippen LogP contribution in [0.4, 0.5) is 0 Å². The number of methoxy groups -OCH3 is 2. The van der Waals surface area contributed by atoms with Crippen LogP contribution in [0.25, 0.3) is 0 Å². The monoisotopic (exact) mass is 438 g/mol. The van der Waals surface area contributed by atoms with Crippen LogP contribution < -0.4 is 0 Å². The van der Waals surface area contributed by atoms with E-state index in [2.05, 4.69) is 78.0 Å². The van der Waals surface area contributed by atoms with Gasteiger partial charge in [-0.1, -0.05) is 65.8 Å². The Labute approximate surface area is 197 Å². The topological polar surface area (TPSA) is 18.5 Å². The second kappa shape index (κ2) is 12.3. The highest BCUT2D eigenvalue weighted by Crippen LogP contribution is 2.40. The van der Waals surface area contributed by atoms with Gasteiger partial charge < -0.3 is 9.47 Å². The summed E-state index contributed by atoms with van der Waals surface area (Å²) < 4.78 is 11.0. The van der Waals surface area contributed by atoms with E-state index in [1.54, 1.807) is 14.2 Å². The summed E-state index contributed by atoms with van der Waals surface area (Å²) in [6, 6.07) is 7.14. The molecule has 0 bridgehead atoms. The molecule has 2 rings (SSSR count). The van der Waals surface area contributed by atoms with E-state index in [1.165, 1.54) is 41.5 Å². The van der Waals surface area contributed by atoms with Gasteiger partial charge in [-0.25, -0.2) is 0 Å². The normalized spacial score (nSPS) is 16.4. The van der Waals surface area contributed by atoms with E-state index in [0.717, 1.165) is 37.2 Å². The zero-order valence-electron chi connectivity index (χ0n) is 21.9. The fourth-order valence-electron chi connectivity index (χ4n) is 4.74. The van der Waals surface area contributed by atoms with Crippen LogP contribution in [0.15, 0.2) is 53.5 Å². The molecule has 1 aromatic carbocycles. The summed E-state index contributed by atoms with van der Waals surface area (Å²) in [6.45, 7) is 14.3. The molecule has 178 valence electrons. The second-order valence-corrected chi connectivity index (χ2v) is 10.0. The van der Waals surface area contributed by atoms with Crippen molar-refractivity contribution in [1.29, 1.82) is 0 Å². The predicted molar refractivity (Wildman–Crippen MR) is 138 cm³/mol. The first-order chi connectivity index (χ1) is 15.3. The fraction of sp³-hybridized carbons (Fsp3) is 0.600. The molecule has 2 atom stereocenters. The van der Waals surface area contributed by atoms with E-state index in [0.29, 0.717) is 17.3 Å². The molecule has 2 unspecified atom stereocenters. The van der Waals surface area contributed by atoms with Crippen molar-refractivity contribution >= 4 is 0 Å². The molecule has 0 saturated heterocycles. The Hall–Kier alpha value is -1.96. The van der Waals surface area contributed by atoms with Gasteiger partial charge in [0.1, 0.15) is 0 Å². The van der Waals surface area contributed by atoms with Crippen molar-refractivity contribution < 1.29 is 9.47 Å². The van der Waals surface area contributed by atoms with Gasteiger partial charge in [-0.05, 0) is 96.6 Å². The molecule has 1 aliphatic rings. The highest BCUT2D eigenvalue weighted by atomic mass is 16.5. The van der Waals surface area contributed by atoms with Crippen molar-refractivity contribution in [1.82, 2.24) is 0 Å². The summed E-state index contributed by atoms with van der Waals surface area (Å²) in [5, 5.41) is 0. The first-order valence-electron chi connectivity index (χ1n) is 12.6. The van der Waals surface area contributed by atoms with Crippen molar-refractivity contribution in [2.75, 3.05) is 14.2 Å². The summed E-state index contributed by atoms with van der Waals surface area (Å²) in [5.74, 6) is 2.98. The summed E-state index contributed by atoms with van der Waals surface area (Å²) >= 11 is 0. The van der Waals surface area contributed by atoms with Crippen LogP contribution in [0.2, 0.25) is 0 Å². The molecule has 0 amide bonds. The Morgan fingerprint density at radius 3 is 2.06 bits per heavy atom. The van der Waals surface area contributed by atoms with Crippen LogP contribution in [0.1, 0.15) is 83.9 Å². The first-order valence-corrected chi connectivity index (χ1v) is 12.6. The fourth-order valence-corrected chi connectivity index (χ4v) is 4.74. The molecule has 1 aliphatic carbocycles. The predicted octanol–water partition coefficient (Wildman–Crippen LogP) is 8.21. The van der Waals surface area contributed by atoms with E-state index >= 15 is 0 Å². The van der Waals surface area contributed by atoms with E-state index in [9.17, 15) is 0 Å². The van der Waals surface area contributed by atoms with E-state index < -0.39 is 0 Å². The summed E-state index contributed by atoms with van der Waals surface area (Å²) in [4.78, 5) is 0. The van der Waals surface area contributed by atoms with Gasteiger partial charge in [0.2, 0.25) is 0 Å². The van der Waals surface area contributed by atoms with E-state index in [1.807, 2.05) is 0 Å². The molecule has 32 heavy (non-hydrogen) atoms. The van der Waals surface area contributed by atoms with Gasteiger partial charge in [0.05, 0.1) is 14.2 Å². The number of hydrogen-bond acceptors (Lipinski definition) is 2. The van der Waals surface area contributed by atoms with Crippen molar-refractivity contribution in [3.05, 3.63) is 70.2 Å². The molecule has 0 N–H and O–H groups in total. The third kappa shape index (κ3) is 6.77. The van der Waals surface area contributed by atoms with Crippen molar-refractivity contribution in [2.24, 2.45) is 17.3 Å². The summed E-state index contributed by atoms with van der Waals surface area (Å²) in [6.07, 6.45) is 14.4. The minimum atomic E-state index is 0.298. The Balaban J connectivity index is 1.95. The van der Waals surface area contributed by atoms with Crippen molar-refractivity contribution in [3.63, 3.8) is 0 Å². The van der Waals surface area contributed by atoms with E-state index in [4.69, 9.17) is 9.47 Å². The highest BCUT2D eigenvalue weighted by molar-refractivity contribution is 5.34. The third-order valence-corrected chi connectivity index (χ3v) is 7.99. The standard InChI is InChI=1S/C30H46O2/c1-9-26-19-18-25(20-27(26)10-2)17-15-23(4)30(5,6)22(3)14-16-24-12-11-13-28(31-7)29(21-24)32-8/h12-13,18-23H,9-11,14-17H2,1-8H3. The van der Waals surface area contributed by atoms with Gasteiger partial charge >= 0.3 is 0 Å². The zero-order chi connectivity index (χ0) is 23.7. The molecule has 0 heterocycles. The van der Waals surface area contributed by atoms with Crippen LogP contribution in [0.3, 0.4) is 0 Å². The van der Waals surface area contributed by atoms with Gasteiger partial charge in [0.15, 0.2) is 11.5 Å². The maximum absolute atomic E-state index is 5.55. The molecule has 2 heteroatoms. The summed E-state index contributed by atoms with van der Waals surface area (Å²) in [7, 11) is 3.42. The van der Waals surface area contributed by atoms with Crippen LogP contribution in [-0.4, -0.2) is 14.2 Å². The van der Waals surface area contributed by atoms with Crippen LogP contribution in [0, 0.1) is 17.3 Å². The number of allylic oxidation sites excluding steroid dienone is 4. The van der Waals surface area contributed by atoms with Gasteiger partial charge in [-0.15, -0.1) is 0 Å². The Kier molecular flexibility index (Phi) is 10.1. The lowest BCUT2D eigenvalue weighted by Crippen LogP contribution is -2.30. The molecular formula is C30H46O2. The molecule has 0 radical (unpaired) electrons. The number of rotatable bonds is 12. The van der Waals surface area contributed by atoms with Crippen molar-refractivity contribution in [2.45, 2.75) is 86.5 Å². The van der Waals surface area contributed by atoms with Crippen LogP contribution >= 0.6 is 0 Å². The first kappa shape index (κ1) is 26.3. The Morgan fingerprint density at radius 1 is 0.844 bits per heavy atom. The average molecular weight is 439 g/mol. The van der Waals surface area contributed by atoms with Gasteiger partial charge in [-0.2, -0.15) is 0 Å². The lowest BCUT2D eigenvalue weighted by molar-refractivity contribution is 0.124. The second-order valence-electron chi connectivity index (χ2n) is 10.0. The minimum absolute atomic E-state index is 0.298. The molecule has 2 nitrogen and oxygen atoms in total. The van der Waals surface area contributed by atoms with Gasteiger partial charge in [-0.3, -0.25) is 0 Å². The highest BCUT2D eigenvalue weighted by Gasteiger charge is 2.31.